The Balaban J connectivity index is 1.54. The number of carbonyl (C=O) groups is 2. The predicted molar refractivity (Wildman–Crippen MR) is 106 cm³/mol. The molecule has 0 unspecified atom stereocenters. The second-order valence-corrected chi connectivity index (χ2v) is 9.13. The molecule has 0 radical (unpaired) electrons. The average Bonchev–Trinajstić information content (AvgIpc) is 3.37. The van der Waals surface area contributed by atoms with E-state index in [1.807, 2.05) is 11.0 Å². The Morgan fingerprint density at radius 3 is 2.55 bits per heavy atom. The van der Waals surface area contributed by atoms with Crippen molar-refractivity contribution < 1.29 is 14.7 Å². The van der Waals surface area contributed by atoms with Crippen molar-refractivity contribution in [2.45, 2.75) is 57.2 Å². The molecule has 1 aromatic heterocycles. The van der Waals surface area contributed by atoms with E-state index >= 15 is 0 Å². The van der Waals surface area contributed by atoms with Gasteiger partial charge in [-0.05, 0) is 44.1 Å². The van der Waals surface area contributed by atoms with Crippen molar-refractivity contribution in [1.29, 1.82) is 0 Å². The largest absolute Gasteiger partial charge is 0.396 e. The third-order valence-corrected chi connectivity index (χ3v) is 7.32. The number of nitrogens with zero attached hydrogens (tertiary/aromatic N) is 3. The number of hydrogen-bond donors (Lipinski definition) is 1. The van der Waals surface area contributed by atoms with Crippen molar-refractivity contribution in [2.75, 3.05) is 19.7 Å². The van der Waals surface area contributed by atoms with E-state index in [2.05, 4.69) is 0 Å². The molecule has 2 amide bonds. The van der Waals surface area contributed by atoms with Crippen LogP contribution >= 0.6 is 0 Å². The molecular weight excluding hydrogens is 370 g/mol. The Morgan fingerprint density at radius 1 is 1.10 bits per heavy atom. The first-order valence-electron chi connectivity index (χ1n) is 11.0. The van der Waals surface area contributed by atoms with Crippen LogP contribution in [0.2, 0.25) is 0 Å². The maximum atomic E-state index is 13.5. The molecule has 4 aliphatic rings. The molecule has 1 N–H and O–H groups in total. The minimum absolute atomic E-state index is 0.00133. The van der Waals surface area contributed by atoms with Gasteiger partial charge >= 0.3 is 0 Å². The van der Waals surface area contributed by atoms with Gasteiger partial charge in [-0.15, -0.1) is 0 Å². The summed E-state index contributed by atoms with van der Waals surface area (Å²) in [5.41, 5.74) is 0.723. The molecule has 1 saturated carbocycles. The summed E-state index contributed by atoms with van der Waals surface area (Å²) in [5.74, 6) is -0.0428. The molecular formula is C22H29N3O4. The molecule has 3 aliphatic heterocycles. The van der Waals surface area contributed by atoms with Gasteiger partial charge < -0.3 is 19.5 Å². The zero-order valence-electron chi connectivity index (χ0n) is 16.7. The first-order valence-corrected chi connectivity index (χ1v) is 11.0. The fourth-order valence-electron chi connectivity index (χ4n) is 5.67. The van der Waals surface area contributed by atoms with Gasteiger partial charge in [-0.2, -0.15) is 0 Å². The summed E-state index contributed by atoms with van der Waals surface area (Å²) in [4.78, 5) is 43.0. The Labute approximate surface area is 170 Å². The lowest BCUT2D eigenvalue weighted by Gasteiger charge is -2.36. The second kappa shape index (κ2) is 7.27. The van der Waals surface area contributed by atoms with Crippen molar-refractivity contribution in [2.24, 2.45) is 17.8 Å². The van der Waals surface area contributed by atoms with Crippen LogP contribution in [0.4, 0.5) is 0 Å². The number of aliphatic hydroxyl groups is 1. The van der Waals surface area contributed by atoms with Crippen molar-refractivity contribution in [3.8, 4) is 0 Å². The number of aromatic nitrogens is 1. The Morgan fingerprint density at radius 2 is 1.86 bits per heavy atom. The van der Waals surface area contributed by atoms with Crippen LogP contribution in [-0.2, 0) is 16.1 Å². The van der Waals surface area contributed by atoms with Crippen molar-refractivity contribution >= 4 is 11.8 Å². The minimum atomic E-state index is -0.622. The van der Waals surface area contributed by atoms with Gasteiger partial charge in [0.1, 0.15) is 6.04 Å². The standard InChI is InChI=1S/C22H29N3O4/c26-13-16-15-12-24-17(5-4-6-18(24)27)20(15)25(19(28)11-14-7-8-14)21(16)22(29)23-9-2-1-3-10-23/h4-6,14-16,20-21,26H,1-3,7-13H2/t15-,16-,20+,21-/m0/s1. The van der Waals surface area contributed by atoms with Crippen LogP contribution in [0.1, 0.15) is 50.3 Å². The Hall–Kier alpha value is -2.15. The van der Waals surface area contributed by atoms with E-state index in [0.717, 1.165) is 50.9 Å². The monoisotopic (exact) mass is 399 g/mol. The van der Waals surface area contributed by atoms with E-state index in [1.165, 1.54) is 6.07 Å². The van der Waals surface area contributed by atoms with Crippen LogP contribution in [0.25, 0.3) is 0 Å². The van der Waals surface area contributed by atoms with E-state index in [0.29, 0.717) is 18.9 Å². The highest BCUT2D eigenvalue weighted by Gasteiger charge is 2.58. The molecule has 7 heteroatoms. The van der Waals surface area contributed by atoms with Crippen LogP contribution in [0.3, 0.4) is 0 Å². The fraction of sp³-hybridized carbons (Fsp3) is 0.682. The summed E-state index contributed by atoms with van der Waals surface area (Å²) in [6.07, 6.45) is 5.70. The number of pyridine rings is 1. The van der Waals surface area contributed by atoms with Crippen LogP contribution < -0.4 is 5.56 Å². The Bertz CT molecular complexity index is 871. The molecule has 0 spiro atoms. The van der Waals surface area contributed by atoms with Gasteiger partial charge in [-0.25, -0.2) is 0 Å². The third-order valence-electron chi connectivity index (χ3n) is 7.32. The lowest BCUT2D eigenvalue weighted by molar-refractivity contribution is -0.148. The number of likely N-dealkylation sites (tertiary alicyclic amines) is 2. The zero-order valence-corrected chi connectivity index (χ0v) is 16.7. The summed E-state index contributed by atoms with van der Waals surface area (Å²) >= 11 is 0. The van der Waals surface area contributed by atoms with E-state index in [9.17, 15) is 19.5 Å². The summed E-state index contributed by atoms with van der Waals surface area (Å²) in [6, 6.07) is 4.24. The summed E-state index contributed by atoms with van der Waals surface area (Å²) in [7, 11) is 0. The lowest BCUT2D eigenvalue weighted by atomic mass is 9.88. The summed E-state index contributed by atoms with van der Waals surface area (Å²) in [5, 5.41) is 10.3. The number of amides is 2. The zero-order chi connectivity index (χ0) is 20.1. The van der Waals surface area contributed by atoms with Crippen LogP contribution in [0.5, 0.6) is 0 Å². The average molecular weight is 399 g/mol. The van der Waals surface area contributed by atoms with Gasteiger partial charge in [0, 0.05) is 56.3 Å². The SMILES string of the molecule is O=C([C@@H]1[C@@H](CO)[C@@H]2Cn3c(cccc3=O)[C@@H]2N1C(=O)CC1CC1)N1CCCCC1. The van der Waals surface area contributed by atoms with E-state index in [4.69, 9.17) is 0 Å². The number of hydrogen-bond acceptors (Lipinski definition) is 4. The summed E-state index contributed by atoms with van der Waals surface area (Å²) < 4.78 is 1.72. The van der Waals surface area contributed by atoms with Crippen LogP contribution in [0, 0.1) is 17.8 Å². The summed E-state index contributed by atoms with van der Waals surface area (Å²) in [6.45, 7) is 1.76. The highest BCUT2D eigenvalue weighted by Crippen LogP contribution is 2.50. The van der Waals surface area contributed by atoms with E-state index < -0.39 is 6.04 Å². The van der Waals surface area contributed by atoms with Gasteiger partial charge in [0.05, 0.1) is 6.04 Å². The van der Waals surface area contributed by atoms with E-state index in [-0.39, 0.29) is 41.9 Å². The van der Waals surface area contributed by atoms with Gasteiger partial charge in [-0.1, -0.05) is 6.07 Å². The first-order chi connectivity index (χ1) is 14.1. The van der Waals surface area contributed by atoms with Gasteiger partial charge in [0.25, 0.3) is 5.56 Å². The van der Waals surface area contributed by atoms with Crippen molar-refractivity contribution in [1.82, 2.24) is 14.4 Å². The second-order valence-electron chi connectivity index (χ2n) is 9.13. The predicted octanol–water partition coefficient (Wildman–Crippen LogP) is 1.15. The molecule has 2 saturated heterocycles. The molecule has 29 heavy (non-hydrogen) atoms. The number of rotatable bonds is 4. The molecule has 1 aliphatic carbocycles. The molecule has 4 heterocycles. The molecule has 7 nitrogen and oxygen atoms in total. The van der Waals surface area contributed by atoms with Gasteiger partial charge in [0.2, 0.25) is 11.8 Å². The molecule has 4 atom stereocenters. The van der Waals surface area contributed by atoms with Gasteiger partial charge in [0.15, 0.2) is 0 Å². The first kappa shape index (κ1) is 18.9. The van der Waals surface area contributed by atoms with Crippen molar-refractivity contribution in [3.05, 3.63) is 34.2 Å². The fourth-order valence-corrected chi connectivity index (χ4v) is 5.67. The molecule has 5 rings (SSSR count). The molecule has 3 fully saturated rings. The normalized spacial score (nSPS) is 30.9. The van der Waals surface area contributed by atoms with Gasteiger partial charge in [-0.3, -0.25) is 14.4 Å². The molecule has 156 valence electrons. The number of carbonyl (C=O) groups excluding carboxylic acids is 2. The number of piperidine rings is 1. The quantitative estimate of drug-likeness (QED) is 0.823. The smallest absolute Gasteiger partial charge is 0.250 e. The highest BCUT2D eigenvalue weighted by atomic mass is 16.3. The number of aliphatic hydroxyl groups excluding tert-OH is 1. The molecule has 0 bridgehead atoms. The molecule has 1 aromatic rings. The third kappa shape index (κ3) is 3.10. The van der Waals surface area contributed by atoms with E-state index in [1.54, 1.807) is 15.5 Å². The van der Waals surface area contributed by atoms with Crippen LogP contribution in [0.15, 0.2) is 23.0 Å². The van der Waals surface area contributed by atoms with Crippen LogP contribution in [-0.4, -0.2) is 57.0 Å². The highest BCUT2D eigenvalue weighted by molar-refractivity contribution is 5.89. The minimum Gasteiger partial charge on any atom is -0.396 e. The lowest BCUT2D eigenvalue weighted by Crippen LogP contribution is -2.52. The maximum absolute atomic E-state index is 13.5. The van der Waals surface area contributed by atoms with Crippen molar-refractivity contribution in [3.63, 3.8) is 0 Å². The topological polar surface area (TPSA) is 82.8 Å². The Kier molecular flexibility index (Phi) is 4.73. The maximum Gasteiger partial charge on any atom is 0.250 e. The number of fused-ring (bicyclic) bond motifs is 3. The molecule has 0 aromatic carbocycles.